The fourth-order valence-electron chi connectivity index (χ4n) is 5.45. The van der Waals surface area contributed by atoms with E-state index in [2.05, 4.69) is 20.5 Å². The molecule has 4 amide bonds. The molecule has 10 nitrogen and oxygen atoms in total. The molecule has 0 radical (unpaired) electrons. The van der Waals surface area contributed by atoms with Crippen molar-refractivity contribution in [1.82, 2.24) is 25.3 Å². The summed E-state index contributed by atoms with van der Waals surface area (Å²) in [6.45, 7) is 2.10. The number of benzene rings is 2. The Labute approximate surface area is 220 Å². The van der Waals surface area contributed by atoms with E-state index in [4.69, 9.17) is 0 Å². The first-order valence-corrected chi connectivity index (χ1v) is 12.6. The average molecular weight is 515 g/mol. The fraction of sp³-hybridized carbons (Fsp3) is 0.357. The Kier molecular flexibility index (Phi) is 6.56. The minimum Gasteiger partial charge on any atom is -0.347 e. The van der Waals surface area contributed by atoms with Crippen LogP contribution in [0.2, 0.25) is 0 Å². The molecule has 1 fully saturated rings. The van der Waals surface area contributed by atoms with Crippen molar-refractivity contribution in [3.8, 4) is 0 Å². The molecule has 2 aliphatic rings. The van der Waals surface area contributed by atoms with E-state index in [1.807, 2.05) is 49.5 Å². The molecule has 0 aliphatic carbocycles. The number of hydrogen-bond acceptors (Lipinski definition) is 6. The number of hydrogen-bond donors (Lipinski definition) is 2. The number of aryl methyl sites for hydroxylation is 1. The molecule has 0 saturated carbocycles. The van der Waals surface area contributed by atoms with E-state index in [1.165, 1.54) is 19.0 Å². The number of H-pyrrole nitrogens is 1. The number of carbonyl (C=O) groups is 4. The quantitative estimate of drug-likeness (QED) is 0.506. The maximum Gasteiger partial charge on any atom is 0.325 e. The zero-order valence-electron chi connectivity index (χ0n) is 21.7. The zero-order valence-corrected chi connectivity index (χ0v) is 21.7. The van der Waals surface area contributed by atoms with E-state index < -0.39 is 29.2 Å². The molecule has 1 saturated heterocycles. The highest BCUT2D eigenvalue weighted by Gasteiger charge is 2.44. The third-order valence-corrected chi connectivity index (χ3v) is 7.52. The Morgan fingerprint density at radius 1 is 1.21 bits per heavy atom. The summed E-state index contributed by atoms with van der Waals surface area (Å²) in [5, 5.41) is 10.4. The van der Waals surface area contributed by atoms with Crippen molar-refractivity contribution in [3.05, 3.63) is 59.3 Å². The number of rotatable bonds is 5. The molecule has 5 rings (SSSR count). The first-order valence-electron chi connectivity index (χ1n) is 12.6. The molecule has 3 heterocycles. The van der Waals surface area contributed by atoms with Crippen molar-refractivity contribution in [3.63, 3.8) is 0 Å². The van der Waals surface area contributed by atoms with Gasteiger partial charge in [0, 0.05) is 50.5 Å². The fourth-order valence-corrected chi connectivity index (χ4v) is 5.45. The van der Waals surface area contributed by atoms with Crippen LogP contribution >= 0.6 is 0 Å². The molecule has 0 bridgehead atoms. The minimum absolute atomic E-state index is 0.0620. The van der Waals surface area contributed by atoms with E-state index in [-0.39, 0.29) is 25.3 Å². The van der Waals surface area contributed by atoms with E-state index >= 15 is 0 Å². The number of para-hydroxylation sites is 1. The summed E-state index contributed by atoms with van der Waals surface area (Å²) in [7, 11) is 3.04. The van der Waals surface area contributed by atoms with Gasteiger partial charge in [0.2, 0.25) is 5.91 Å². The van der Waals surface area contributed by atoms with E-state index in [1.54, 1.807) is 6.20 Å². The largest absolute Gasteiger partial charge is 0.347 e. The van der Waals surface area contributed by atoms with Gasteiger partial charge in [-0.15, -0.1) is 0 Å². The standard InChI is InChI=1S/C28H30N6O4/c1-17-12-18(13-22-19(17)16-30-32-22)14-23(35)25(26(37)33(2)3)31-27(38)34-11-9-28(15-24(34)36)8-10-29-21-7-5-4-6-20(21)28/h4-7,10,12-13,16,25H,8-9,11,14-15H2,1-3H3,(H,30,32)(H,31,38). The smallest absolute Gasteiger partial charge is 0.325 e. The third-order valence-electron chi connectivity index (χ3n) is 7.52. The van der Waals surface area contributed by atoms with Gasteiger partial charge in [-0.25, -0.2) is 4.79 Å². The van der Waals surface area contributed by atoms with Crippen molar-refractivity contribution in [2.45, 2.75) is 44.1 Å². The molecule has 10 heteroatoms. The summed E-state index contributed by atoms with van der Waals surface area (Å²) in [5.74, 6) is -1.36. The molecular weight excluding hydrogens is 484 g/mol. The van der Waals surface area contributed by atoms with Crippen molar-refractivity contribution in [1.29, 1.82) is 0 Å². The molecule has 196 valence electrons. The van der Waals surface area contributed by atoms with E-state index in [0.29, 0.717) is 18.4 Å². The van der Waals surface area contributed by atoms with Crippen molar-refractivity contribution in [2.24, 2.45) is 4.99 Å². The number of ketones is 1. The zero-order chi connectivity index (χ0) is 27.0. The van der Waals surface area contributed by atoms with E-state index in [0.717, 1.165) is 32.6 Å². The first-order chi connectivity index (χ1) is 18.2. The lowest BCUT2D eigenvalue weighted by Gasteiger charge is -2.42. The van der Waals surface area contributed by atoms with Crippen LogP contribution in [0.25, 0.3) is 10.9 Å². The lowest BCUT2D eigenvalue weighted by molar-refractivity contribution is -0.137. The second-order valence-corrected chi connectivity index (χ2v) is 10.3. The lowest BCUT2D eigenvalue weighted by atomic mass is 9.69. The Hall–Kier alpha value is -4.34. The summed E-state index contributed by atoms with van der Waals surface area (Å²) in [6.07, 6.45) is 4.82. The maximum absolute atomic E-state index is 13.3. The van der Waals surface area contributed by atoms with Gasteiger partial charge in [-0.05, 0) is 48.6 Å². The molecule has 2 unspecified atom stereocenters. The molecule has 2 N–H and O–H groups in total. The van der Waals surface area contributed by atoms with Gasteiger partial charge in [0.1, 0.15) is 0 Å². The molecule has 38 heavy (non-hydrogen) atoms. The molecule has 3 aromatic rings. The van der Waals surface area contributed by atoms with Gasteiger partial charge >= 0.3 is 6.03 Å². The van der Waals surface area contributed by atoms with Crippen LogP contribution in [0.3, 0.4) is 0 Å². The number of aromatic amines is 1. The molecule has 2 atom stereocenters. The van der Waals surface area contributed by atoms with Gasteiger partial charge in [-0.2, -0.15) is 5.10 Å². The number of imide groups is 1. The number of piperidine rings is 1. The number of likely N-dealkylation sites (N-methyl/N-ethyl adjacent to an activating group) is 1. The number of amides is 4. The lowest BCUT2D eigenvalue weighted by Crippen LogP contribution is -2.58. The number of aliphatic imine (C=N–C) groups is 1. The molecule has 1 aromatic heterocycles. The number of urea groups is 1. The van der Waals surface area contributed by atoms with Crippen LogP contribution in [0.4, 0.5) is 10.5 Å². The Morgan fingerprint density at radius 3 is 2.76 bits per heavy atom. The van der Waals surface area contributed by atoms with Crippen LogP contribution < -0.4 is 5.32 Å². The highest BCUT2D eigenvalue weighted by Crippen LogP contribution is 2.45. The summed E-state index contributed by atoms with van der Waals surface area (Å²) in [4.78, 5) is 59.6. The van der Waals surface area contributed by atoms with Crippen molar-refractivity contribution < 1.29 is 19.2 Å². The number of nitrogens with one attached hydrogen (secondary N) is 2. The van der Waals surface area contributed by atoms with Gasteiger partial charge in [-0.3, -0.25) is 29.4 Å². The third kappa shape index (κ3) is 4.57. The summed E-state index contributed by atoms with van der Waals surface area (Å²) in [5.41, 5.74) is 3.87. The second kappa shape index (κ2) is 9.85. The predicted octanol–water partition coefficient (Wildman–Crippen LogP) is 2.82. The van der Waals surface area contributed by atoms with Crippen LogP contribution in [-0.4, -0.2) is 76.5 Å². The van der Waals surface area contributed by atoms with Gasteiger partial charge in [0.05, 0.1) is 17.4 Å². The Balaban J connectivity index is 1.32. The number of likely N-dealkylation sites (tertiary alicyclic amines) is 1. The van der Waals surface area contributed by atoms with Gasteiger partial charge in [-0.1, -0.05) is 24.3 Å². The van der Waals surface area contributed by atoms with Crippen molar-refractivity contribution in [2.75, 3.05) is 20.6 Å². The predicted molar refractivity (Wildman–Crippen MR) is 142 cm³/mol. The van der Waals surface area contributed by atoms with Crippen molar-refractivity contribution >= 4 is 46.4 Å². The minimum atomic E-state index is -1.42. The summed E-state index contributed by atoms with van der Waals surface area (Å²) >= 11 is 0. The molecule has 2 aromatic carbocycles. The number of nitrogens with zero attached hydrogens (tertiary/aromatic N) is 4. The number of fused-ring (bicyclic) bond motifs is 3. The summed E-state index contributed by atoms with van der Waals surface area (Å²) < 4.78 is 0. The van der Waals surface area contributed by atoms with Crippen LogP contribution in [0.15, 0.2) is 47.6 Å². The molecule has 2 aliphatic heterocycles. The van der Waals surface area contributed by atoms with E-state index in [9.17, 15) is 19.2 Å². The monoisotopic (exact) mass is 514 g/mol. The highest BCUT2D eigenvalue weighted by molar-refractivity contribution is 6.09. The number of Topliss-reactive ketones (excluding diaryl/α,β-unsaturated/α-hetero) is 1. The normalized spacial score (nSPS) is 19.3. The summed E-state index contributed by atoms with van der Waals surface area (Å²) in [6, 6.07) is 9.27. The van der Waals surface area contributed by atoms with Crippen LogP contribution in [0.5, 0.6) is 0 Å². The molecule has 1 spiro atoms. The van der Waals surface area contributed by atoms with Crippen LogP contribution in [0, 0.1) is 6.92 Å². The topological polar surface area (TPSA) is 128 Å². The average Bonchev–Trinajstić information content (AvgIpc) is 3.36. The Bertz CT molecular complexity index is 1480. The second-order valence-electron chi connectivity index (χ2n) is 10.3. The van der Waals surface area contributed by atoms with Gasteiger partial charge in [0.15, 0.2) is 11.8 Å². The Morgan fingerprint density at radius 2 is 2.00 bits per heavy atom. The van der Waals surface area contributed by atoms with Gasteiger partial charge in [0.25, 0.3) is 5.91 Å². The van der Waals surface area contributed by atoms with Crippen LogP contribution in [-0.2, 0) is 26.2 Å². The van der Waals surface area contributed by atoms with Gasteiger partial charge < -0.3 is 10.2 Å². The first kappa shape index (κ1) is 25.3. The van der Waals surface area contributed by atoms with Crippen LogP contribution in [0.1, 0.15) is 36.0 Å². The SMILES string of the molecule is Cc1cc(CC(=O)C(NC(=O)N2CCC3(CC=Nc4ccccc43)CC2=O)C(=O)N(C)C)cc2[nH]ncc12. The maximum atomic E-state index is 13.3. The number of carbonyl (C=O) groups excluding carboxylic acids is 4. The number of aromatic nitrogens is 2. The highest BCUT2D eigenvalue weighted by atomic mass is 16.2. The molecular formula is C28H30N6O4.